The van der Waals surface area contributed by atoms with Gasteiger partial charge in [0.25, 0.3) is 0 Å². The highest BCUT2D eigenvalue weighted by molar-refractivity contribution is 6.01. The number of amides is 5. The Bertz CT molecular complexity index is 883. The normalized spacial score (nSPS) is 16.1. The van der Waals surface area contributed by atoms with E-state index in [1.807, 2.05) is 27.7 Å². The van der Waals surface area contributed by atoms with E-state index in [1.54, 1.807) is 13.8 Å². The van der Waals surface area contributed by atoms with Crippen LogP contribution in [0.4, 0.5) is 0 Å². The minimum absolute atomic E-state index is 0.122. The zero-order chi connectivity index (χ0) is 30.6. The first-order chi connectivity index (χ1) is 18.6. The van der Waals surface area contributed by atoms with Gasteiger partial charge in [-0.25, -0.2) is 0 Å². The SMILES string of the molecule is CC(C)CC(NC(=O)C(CC(C)C)C(C)C)C(=O)NCC(=O)NC(CCCCN1C(=O)CCC1=O)C(=O)C(C)C. The van der Waals surface area contributed by atoms with Crippen molar-refractivity contribution in [2.24, 2.45) is 29.6 Å². The fraction of sp³-hybridized carbons (Fsp3) is 0.800. The molecule has 0 aromatic carbocycles. The van der Waals surface area contributed by atoms with E-state index in [9.17, 15) is 28.8 Å². The summed E-state index contributed by atoms with van der Waals surface area (Å²) in [5, 5.41) is 8.28. The predicted octanol–water partition coefficient (Wildman–Crippen LogP) is 2.98. The smallest absolute Gasteiger partial charge is 0.243 e. The maximum absolute atomic E-state index is 13.0. The number of ketones is 1. The van der Waals surface area contributed by atoms with E-state index in [1.165, 1.54) is 4.90 Å². The van der Waals surface area contributed by atoms with Gasteiger partial charge in [-0.15, -0.1) is 0 Å². The molecule has 3 N–H and O–H groups in total. The van der Waals surface area contributed by atoms with E-state index in [0.717, 1.165) is 6.42 Å². The van der Waals surface area contributed by atoms with Crippen molar-refractivity contribution >= 4 is 35.3 Å². The molecule has 0 radical (unpaired) electrons. The number of carbonyl (C=O) groups is 6. The average Bonchev–Trinajstić information content (AvgIpc) is 3.18. The molecule has 1 aliphatic heterocycles. The Morgan fingerprint density at radius 2 is 1.32 bits per heavy atom. The molecule has 10 heteroatoms. The zero-order valence-corrected chi connectivity index (χ0v) is 25.8. The third-order valence-electron chi connectivity index (χ3n) is 7.16. The van der Waals surface area contributed by atoms with Gasteiger partial charge in [0.15, 0.2) is 5.78 Å². The second kappa shape index (κ2) is 17.1. The van der Waals surface area contributed by atoms with Crippen molar-refractivity contribution in [1.29, 1.82) is 0 Å². The highest BCUT2D eigenvalue weighted by Gasteiger charge is 2.30. The second-order valence-corrected chi connectivity index (χ2v) is 12.5. The molecule has 10 nitrogen and oxygen atoms in total. The molecule has 1 aliphatic rings. The van der Waals surface area contributed by atoms with Crippen LogP contribution in [0.1, 0.15) is 100 Å². The van der Waals surface area contributed by atoms with Crippen LogP contribution in [-0.2, 0) is 28.8 Å². The third kappa shape index (κ3) is 12.2. The molecule has 1 saturated heterocycles. The molecule has 5 amide bonds. The first-order valence-electron chi connectivity index (χ1n) is 14.9. The van der Waals surface area contributed by atoms with E-state index in [2.05, 4.69) is 29.8 Å². The Kier molecular flexibility index (Phi) is 15.1. The fourth-order valence-corrected chi connectivity index (χ4v) is 4.89. The molecule has 0 spiro atoms. The minimum Gasteiger partial charge on any atom is -0.345 e. The quantitative estimate of drug-likeness (QED) is 0.173. The molecule has 1 rings (SSSR count). The second-order valence-electron chi connectivity index (χ2n) is 12.5. The zero-order valence-electron chi connectivity index (χ0n) is 25.8. The lowest BCUT2D eigenvalue weighted by Gasteiger charge is -2.26. The summed E-state index contributed by atoms with van der Waals surface area (Å²) in [6.45, 7) is 15.5. The van der Waals surface area contributed by atoms with Crippen LogP contribution in [0.3, 0.4) is 0 Å². The number of hydrogen-bond acceptors (Lipinski definition) is 6. The number of rotatable bonds is 18. The molecule has 228 valence electrons. The summed E-state index contributed by atoms with van der Waals surface area (Å²) in [6, 6.07) is -1.50. The molecule has 3 unspecified atom stereocenters. The van der Waals surface area contributed by atoms with Crippen LogP contribution >= 0.6 is 0 Å². The Morgan fingerprint density at radius 3 is 1.82 bits per heavy atom. The Morgan fingerprint density at radius 1 is 0.750 bits per heavy atom. The van der Waals surface area contributed by atoms with Crippen molar-refractivity contribution in [3.63, 3.8) is 0 Å². The monoisotopic (exact) mass is 564 g/mol. The van der Waals surface area contributed by atoms with Gasteiger partial charge >= 0.3 is 0 Å². The maximum Gasteiger partial charge on any atom is 0.243 e. The minimum atomic E-state index is -0.766. The molecule has 3 atom stereocenters. The number of nitrogens with one attached hydrogen (secondary N) is 3. The Hall–Kier alpha value is -2.78. The third-order valence-corrected chi connectivity index (χ3v) is 7.16. The van der Waals surface area contributed by atoms with Gasteiger partial charge in [-0.1, -0.05) is 55.4 Å². The molecule has 40 heavy (non-hydrogen) atoms. The van der Waals surface area contributed by atoms with E-state index in [-0.39, 0.29) is 66.6 Å². The van der Waals surface area contributed by atoms with Crippen LogP contribution < -0.4 is 16.0 Å². The van der Waals surface area contributed by atoms with Crippen molar-refractivity contribution in [2.45, 2.75) is 112 Å². The Balaban J connectivity index is 2.72. The lowest BCUT2D eigenvalue weighted by Crippen LogP contribution is -2.52. The molecule has 0 saturated carbocycles. The highest BCUT2D eigenvalue weighted by atomic mass is 16.2. The van der Waals surface area contributed by atoms with Crippen LogP contribution in [0.15, 0.2) is 0 Å². The standard InChI is InChI=1S/C30H52N4O6/c1-18(2)15-22(20(5)6)29(39)33-24(16-19(3)4)30(40)31-17-25(35)32-23(28(38)21(7)8)11-9-10-14-34-26(36)12-13-27(34)37/h18-24H,9-17H2,1-8H3,(H,31,40)(H,32,35)(H,33,39). The van der Waals surface area contributed by atoms with E-state index >= 15 is 0 Å². The number of unbranched alkanes of at least 4 members (excludes halogenated alkanes) is 1. The number of imide groups is 1. The first kappa shape index (κ1) is 35.2. The summed E-state index contributed by atoms with van der Waals surface area (Å²) in [5.41, 5.74) is 0. The summed E-state index contributed by atoms with van der Waals surface area (Å²) in [6.07, 6.45) is 3.09. The van der Waals surface area contributed by atoms with Gasteiger partial charge in [0.1, 0.15) is 6.04 Å². The largest absolute Gasteiger partial charge is 0.345 e. The summed E-state index contributed by atoms with van der Waals surface area (Å²) in [7, 11) is 0. The topological polar surface area (TPSA) is 142 Å². The molecule has 0 bridgehead atoms. The molecular weight excluding hydrogens is 512 g/mol. The number of nitrogens with zero attached hydrogens (tertiary/aromatic N) is 1. The van der Waals surface area contributed by atoms with Crippen LogP contribution in [0.2, 0.25) is 0 Å². The van der Waals surface area contributed by atoms with Crippen molar-refractivity contribution in [3.05, 3.63) is 0 Å². The van der Waals surface area contributed by atoms with E-state index < -0.39 is 23.9 Å². The van der Waals surface area contributed by atoms with Crippen LogP contribution in [-0.4, -0.2) is 65.4 Å². The van der Waals surface area contributed by atoms with E-state index in [4.69, 9.17) is 0 Å². The van der Waals surface area contributed by atoms with Gasteiger partial charge in [0.2, 0.25) is 29.5 Å². The van der Waals surface area contributed by atoms with Gasteiger partial charge in [-0.3, -0.25) is 33.7 Å². The number of carbonyl (C=O) groups excluding carboxylic acids is 6. The van der Waals surface area contributed by atoms with Gasteiger partial charge in [0, 0.05) is 31.2 Å². The number of likely N-dealkylation sites (tertiary alicyclic amines) is 1. The molecule has 1 heterocycles. The number of hydrogen-bond donors (Lipinski definition) is 3. The molecule has 1 fully saturated rings. The fourth-order valence-electron chi connectivity index (χ4n) is 4.89. The molecule has 0 aromatic rings. The lowest BCUT2D eigenvalue weighted by atomic mass is 9.86. The van der Waals surface area contributed by atoms with Gasteiger partial charge in [0.05, 0.1) is 12.6 Å². The van der Waals surface area contributed by atoms with Gasteiger partial charge in [-0.2, -0.15) is 0 Å². The average molecular weight is 565 g/mol. The van der Waals surface area contributed by atoms with Crippen LogP contribution in [0.25, 0.3) is 0 Å². The summed E-state index contributed by atoms with van der Waals surface area (Å²) in [5.74, 6) is -1.45. The van der Waals surface area contributed by atoms with Gasteiger partial charge < -0.3 is 16.0 Å². The first-order valence-corrected chi connectivity index (χ1v) is 14.9. The van der Waals surface area contributed by atoms with Crippen molar-refractivity contribution in [1.82, 2.24) is 20.9 Å². The van der Waals surface area contributed by atoms with Gasteiger partial charge in [-0.05, 0) is 49.9 Å². The summed E-state index contributed by atoms with van der Waals surface area (Å²) in [4.78, 5) is 76.4. The molecule has 0 aliphatic carbocycles. The van der Waals surface area contributed by atoms with Crippen LogP contribution in [0, 0.1) is 29.6 Å². The highest BCUT2D eigenvalue weighted by Crippen LogP contribution is 2.21. The Labute approximate surface area is 240 Å². The van der Waals surface area contributed by atoms with E-state index in [0.29, 0.717) is 38.1 Å². The van der Waals surface area contributed by atoms with Crippen molar-refractivity contribution in [2.75, 3.05) is 13.1 Å². The molecular formula is C30H52N4O6. The van der Waals surface area contributed by atoms with Crippen molar-refractivity contribution < 1.29 is 28.8 Å². The predicted molar refractivity (Wildman–Crippen MR) is 154 cm³/mol. The molecule has 0 aromatic heterocycles. The maximum atomic E-state index is 13.0. The van der Waals surface area contributed by atoms with Crippen molar-refractivity contribution in [3.8, 4) is 0 Å². The summed E-state index contributed by atoms with van der Waals surface area (Å²) < 4.78 is 0. The summed E-state index contributed by atoms with van der Waals surface area (Å²) >= 11 is 0. The van der Waals surface area contributed by atoms with Crippen LogP contribution in [0.5, 0.6) is 0 Å². The number of Topliss-reactive ketones (excluding diaryl/α,β-unsaturated/α-hetero) is 1. The lowest BCUT2D eigenvalue weighted by molar-refractivity contribution is -0.138.